The number of nitrogens with zero attached hydrogens (tertiary/aromatic N) is 1. The van der Waals surface area contributed by atoms with E-state index in [2.05, 4.69) is 36.6 Å². The lowest BCUT2D eigenvalue weighted by molar-refractivity contribution is 0.202. The van der Waals surface area contributed by atoms with Crippen LogP contribution in [0.15, 0.2) is 24.3 Å². The van der Waals surface area contributed by atoms with Gasteiger partial charge in [0.2, 0.25) is 0 Å². The minimum absolute atomic E-state index is 0.00479. The highest BCUT2D eigenvalue weighted by molar-refractivity contribution is 5.76. The smallest absolute Gasteiger partial charge is 0.317 e. The zero-order valence-corrected chi connectivity index (χ0v) is 12.9. The summed E-state index contributed by atoms with van der Waals surface area (Å²) >= 11 is 0. The van der Waals surface area contributed by atoms with Gasteiger partial charge < -0.3 is 20.3 Å². The number of rotatable bonds is 8. The van der Waals surface area contributed by atoms with E-state index in [4.69, 9.17) is 4.74 Å². The van der Waals surface area contributed by atoms with Crippen LogP contribution in [0.3, 0.4) is 0 Å². The molecule has 1 aliphatic heterocycles. The molecule has 1 heterocycles. The van der Waals surface area contributed by atoms with Gasteiger partial charge in [0.15, 0.2) is 0 Å². The fourth-order valence-electron chi connectivity index (χ4n) is 2.21. The van der Waals surface area contributed by atoms with Gasteiger partial charge in [-0.25, -0.2) is 4.79 Å². The Morgan fingerprint density at radius 1 is 1.33 bits per heavy atom. The summed E-state index contributed by atoms with van der Waals surface area (Å²) in [7, 11) is 0. The maximum atomic E-state index is 11.4. The lowest BCUT2D eigenvalue weighted by Crippen LogP contribution is -2.31. The summed E-state index contributed by atoms with van der Waals surface area (Å²) in [5.74, 6) is 1.51. The Bertz CT molecular complexity index is 445. The Labute approximate surface area is 126 Å². The summed E-state index contributed by atoms with van der Waals surface area (Å²) in [6, 6.07) is 8.12. The summed E-state index contributed by atoms with van der Waals surface area (Å²) in [6.07, 6.45) is 0. The number of hydrogen-bond donors (Lipinski definition) is 2. The molecule has 0 atom stereocenters. The van der Waals surface area contributed by atoms with E-state index in [0.29, 0.717) is 19.1 Å². The van der Waals surface area contributed by atoms with Crippen LogP contribution in [-0.4, -0.2) is 43.7 Å². The van der Waals surface area contributed by atoms with Gasteiger partial charge in [-0.1, -0.05) is 26.0 Å². The van der Waals surface area contributed by atoms with Crippen LogP contribution in [0.4, 0.5) is 4.79 Å². The molecule has 0 unspecified atom stereocenters. The molecule has 0 aliphatic carbocycles. The van der Waals surface area contributed by atoms with Gasteiger partial charge >= 0.3 is 6.03 Å². The van der Waals surface area contributed by atoms with Crippen molar-refractivity contribution in [1.82, 2.24) is 15.5 Å². The summed E-state index contributed by atoms with van der Waals surface area (Å²) < 4.78 is 5.67. The molecule has 2 N–H and O–H groups in total. The number of carbonyl (C=O) groups excluding carboxylic acids is 1. The third kappa shape index (κ3) is 5.27. The van der Waals surface area contributed by atoms with E-state index in [1.54, 1.807) is 4.90 Å². The van der Waals surface area contributed by atoms with Crippen molar-refractivity contribution in [1.29, 1.82) is 0 Å². The van der Waals surface area contributed by atoms with E-state index in [9.17, 15) is 4.79 Å². The molecule has 21 heavy (non-hydrogen) atoms. The first-order chi connectivity index (χ1) is 10.1. The SMILES string of the molecule is CC(C)CNCc1ccc(OCCN2CCNC2=O)cc1. The molecule has 2 amide bonds. The summed E-state index contributed by atoms with van der Waals surface area (Å²) in [5.41, 5.74) is 1.25. The Kier molecular flexibility index (Phi) is 5.87. The minimum Gasteiger partial charge on any atom is -0.492 e. The normalized spacial score (nSPS) is 14.6. The highest BCUT2D eigenvalue weighted by atomic mass is 16.5. The number of nitrogens with one attached hydrogen (secondary N) is 2. The van der Waals surface area contributed by atoms with Crippen LogP contribution < -0.4 is 15.4 Å². The zero-order valence-electron chi connectivity index (χ0n) is 12.9. The topological polar surface area (TPSA) is 53.6 Å². The van der Waals surface area contributed by atoms with E-state index < -0.39 is 0 Å². The van der Waals surface area contributed by atoms with Crippen molar-refractivity contribution in [2.45, 2.75) is 20.4 Å². The molecule has 116 valence electrons. The van der Waals surface area contributed by atoms with E-state index in [1.165, 1.54) is 5.56 Å². The van der Waals surface area contributed by atoms with E-state index in [0.717, 1.165) is 31.9 Å². The van der Waals surface area contributed by atoms with Gasteiger partial charge in [0.05, 0.1) is 6.54 Å². The number of benzene rings is 1. The Morgan fingerprint density at radius 3 is 2.71 bits per heavy atom. The third-order valence-electron chi connectivity index (χ3n) is 3.38. The Hall–Kier alpha value is -1.75. The van der Waals surface area contributed by atoms with Crippen LogP contribution >= 0.6 is 0 Å². The first-order valence-corrected chi connectivity index (χ1v) is 7.60. The van der Waals surface area contributed by atoms with Gasteiger partial charge in [-0.2, -0.15) is 0 Å². The predicted octanol–water partition coefficient (Wildman–Crippen LogP) is 1.84. The summed E-state index contributed by atoms with van der Waals surface area (Å²) in [5, 5.41) is 6.19. The lowest BCUT2D eigenvalue weighted by Gasteiger charge is -2.14. The first-order valence-electron chi connectivity index (χ1n) is 7.60. The maximum absolute atomic E-state index is 11.4. The molecule has 5 heteroatoms. The van der Waals surface area contributed by atoms with Gasteiger partial charge in [0, 0.05) is 19.6 Å². The Balaban J connectivity index is 1.68. The third-order valence-corrected chi connectivity index (χ3v) is 3.38. The quantitative estimate of drug-likeness (QED) is 0.768. The van der Waals surface area contributed by atoms with Gasteiger partial charge in [0.1, 0.15) is 12.4 Å². The van der Waals surface area contributed by atoms with E-state index >= 15 is 0 Å². The fraction of sp³-hybridized carbons (Fsp3) is 0.562. The number of urea groups is 1. The molecule has 1 saturated heterocycles. The fourth-order valence-corrected chi connectivity index (χ4v) is 2.21. The summed E-state index contributed by atoms with van der Waals surface area (Å²) in [4.78, 5) is 13.1. The molecule has 0 bridgehead atoms. The van der Waals surface area contributed by atoms with Crippen molar-refractivity contribution in [3.05, 3.63) is 29.8 Å². The van der Waals surface area contributed by atoms with Gasteiger partial charge in [-0.05, 0) is 30.2 Å². The average Bonchev–Trinajstić information content (AvgIpc) is 2.86. The van der Waals surface area contributed by atoms with Crippen LogP contribution in [-0.2, 0) is 6.54 Å². The molecule has 0 saturated carbocycles. The van der Waals surface area contributed by atoms with Gasteiger partial charge in [-0.15, -0.1) is 0 Å². The van der Waals surface area contributed by atoms with Gasteiger partial charge in [-0.3, -0.25) is 0 Å². The predicted molar refractivity (Wildman–Crippen MR) is 83.5 cm³/mol. The molecule has 1 aliphatic rings. The van der Waals surface area contributed by atoms with Crippen LogP contribution in [0.1, 0.15) is 19.4 Å². The molecule has 5 nitrogen and oxygen atoms in total. The maximum Gasteiger partial charge on any atom is 0.317 e. The van der Waals surface area contributed by atoms with Crippen LogP contribution in [0.2, 0.25) is 0 Å². The molecular formula is C16H25N3O2. The molecular weight excluding hydrogens is 266 g/mol. The van der Waals surface area contributed by atoms with Crippen molar-refractivity contribution in [2.24, 2.45) is 5.92 Å². The summed E-state index contributed by atoms with van der Waals surface area (Å²) in [6.45, 7) is 8.96. The van der Waals surface area contributed by atoms with Crippen molar-refractivity contribution in [3.63, 3.8) is 0 Å². The second-order valence-corrected chi connectivity index (χ2v) is 5.74. The standard InChI is InChI=1S/C16H25N3O2/c1-13(2)11-17-12-14-3-5-15(6-4-14)21-10-9-19-8-7-18-16(19)20/h3-6,13,17H,7-12H2,1-2H3,(H,18,20). The average molecular weight is 291 g/mol. The van der Waals surface area contributed by atoms with E-state index in [-0.39, 0.29) is 6.03 Å². The molecule has 0 radical (unpaired) electrons. The molecule has 1 fully saturated rings. The van der Waals surface area contributed by atoms with Gasteiger partial charge in [0.25, 0.3) is 0 Å². The second kappa shape index (κ2) is 7.88. The van der Waals surface area contributed by atoms with Crippen molar-refractivity contribution >= 4 is 6.03 Å². The lowest BCUT2D eigenvalue weighted by atomic mass is 10.2. The number of amides is 2. The molecule has 0 aromatic heterocycles. The van der Waals surface area contributed by atoms with Crippen molar-refractivity contribution in [2.75, 3.05) is 32.8 Å². The molecule has 1 aromatic carbocycles. The number of carbonyl (C=O) groups is 1. The Morgan fingerprint density at radius 2 is 2.10 bits per heavy atom. The number of hydrogen-bond acceptors (Lipinski definition) is 3. The molecule has 2 rings (SSSR count). The highest BCUT2D eigenvalue weighted by Gasteiger charge is 2.18. The molecule has 1 aromatic rings. The van der Waals surface area contributed by atoms with E-state index in [1.807, 2.05) is 12.1 Å². The zero-order chi connectivity index (χ0) is 15.1. The molecule has 0 spiro atoms. The van der Waals surface area contributed by atoms with Crippen LogP contribution in [0, 0.1) is 5.92 Å². The largest absolute Gasteiger partial charge is 0.492 e. The van der Waals surface area contributed by atoms with Crippen LogP contribution in [0.25, 0.3) is 0 Å². The minimum atomic E-state index is 0.00479. The van der Waals surface area contributed by atoms with Crippen LogP contribution in [0.5, 0.6) is 5.75 Å². The highest BCUT2D eigenvalue weighted by Crippen LogP contribution is 2.12. The monoisotopic (exact) mass is 291 g/mol. The van der Waals surface area contributed by atoms with Crippen molar-refractivity contribution < 1.29 is 9.53 Å². The van der Waals surface area contributed by atoms with Crippen molar-refractivity contribution in [3.8, 4) is 5.75 Å². The first kappa shape index (κ1) is 15.6. The number of ether oxygens (including phenoxy) is 1. The second-order valence-electron chi connectivity index (χ2n) is 5.74.